The van der Waals surface area contributed by atoms with Gasteiger partial charge in [-0.1, -0.05) is 60.7 Å². The first-order chi connectivity index (χ1) is 10.9. The number of pyridine rings is 1. The van der Waals surface area contributed by atoms with Gasteiger partial charge in [0.05, 0.1) is 0 Å². The highest BCUT2D eigenvalue weighted by Gasteiger charge is 2.30. The van der Waals surface area contributed by atoms with Crippen molar-refractivity contribution in [1.29, 1.82) is 0 Å². The zero-order valence-corrected chi connectivity index (χ0v) is 11.9. The van der Waals surface area contributed by atoms with Gasteiger partial charge >= 0.3 is 0 Å². The number of allylic oxidation sites excluding steroid dienone is 1. The molecule has 0 saturated heterocycles. The van der Waals surface area contributed by atoms with Gasteiger partial charge in [0.25, 0.3) is 0 Å². The molecule has 2 heteroatoms. The van der Waals surface area contributed by atoms with E-state index >= 15 is 0 Å². The van der Waals surface area contributed by atoms with Crippen molar-refractivity contribution < 1.29 is 4.79 Å². The molecule has 0 bridgehead atoms. The average Bonchev–Trinajstić information content (AvgIpc) is 2.90. The normalized spacial score (nSPS) is 13.4. The summed E-state index contributed by atoms with van der Waals surface area (Å²) in [6, 6.07) is 21.5. The number of Topliss-reactive ketones (excluding diaryl/α,β-unsaturated/α-hetero) is 1. The van der Waals surface area contributed by atoms with Gasteiger partial charge in [0.1, 0.15) is 0 Å². The van der Waals surface area contributed by atoms with E-state index in [0.29, 0.717) is 0 Å². The van der Waals surface area contributed by atoms with Gasteiger partial charge in [-0.15, -0.1) is 0 Å². The highest BCUT2D eigenvalue weighted by Crippen LogP contribution is 2.41. The fourth-order valence-corrected chi connectivity index (χ4v) is 2.97. The maximum atomic E-state index is 12.9. The lowest BCUT2D eigenvalue weighted by Gasteiger charge is -2.08. The van der Waals surface area contributed by atoms with E-state index < -0.39 is 0 Å². The highest BCUT2D eigenvalue weighted by molar-refractivity contribution is 6.41. The van der Waals surface area contributed by atoms with Crippen LogP contribution in [-0.2, 0) is 0 Å². The van der Waals surface area contributed by atoms with Crippen LogP contribution in [0.1, 0.15) is 27.0 Å². The van der Waals surface area contributed by atoms with Gasteiger partial charge in [-0.2, -0.15) is 0 Å². The lowest BCUT2D eigenvalue weighted by atomic mass is 9.95. The van der Waals surface area contributed by atoms with Crippen LogP contribution in [-0.4, -0.2) is 10.8 Å². The number of fused-ring (bicyclic) bond motifs is 1. The van der Waals surface area contributed by atoms with Crippen LogP contribution in [0, 0.1) is 0 Å². The molecule has 22 heavy (non-hydrogen) atoms. The summed E-state index contributed by atoms with van der Waals surface area (Å²) >= 11 is 0. The highest BCUT2D eigenvalue weighted by atomic mass is 16.1. The van der Waals surface area contributed by atoms with Crippen LogP contribution in [0.2, 0.25) is 0 Å². The molecule has 1 aliphatic carbocycles. The third kappa shape index (κ3) is 1.89. The number of carbonyl (C=O) groups excluding carboxylic acids is 1. The number of hydrogen-bond acceptors (Lipinski definition) is 2. The van der Waals surface area contributed by atoms with Gasteiger partial charge in [0.2, 0.25) is 0 Å². The first-order valence-electron chi connectivity index (χ1n) is 7.20. The van der Waals surface area contributed by atoms with E-state index in [0.717, 1.165) is 33.4 Å². The summed E-state index contributed by atoms with van der Waals surface area (Å²) in [5, 5.41) is 0. The second-order valence-corrected chi connectivity index (χ2v) is 5.23. The molecule has 2 aromatic carbocycles. The SMILES string of the molecule is O=C1C(c2ccccc2)=C(c2cccnc2)c2ccccc21. The minimum Gasteiger partial charge on any atom is -0.289 e. The summed E-state index contributed by atoms with van der Waals surface area (Å²) < 4.78 is 0. The molecular weight excluding hydrogens is 270 g/mol. The molecule has 0 N–H and O–H groups in total. The van der Waals surface area contributed by atoms with Crippen LogP contribution in [0.5, 0.6) is 0 Å². The summed E-state index contributed by atoms with van der Waals surface area (Å²) in [5.41, 5.74) is 5.40. The van der Waals surface area contributed by atoms with Crippen molar-refractivity contribution in [2.24, 2.45) is 0 Å². The lowest BCUT2D eigenvalue weighted by Crippen LogP contribution is -1.98. The molecule has 0 unspecified atom stereocenters. The van der Waals surface area contributed by atoms with E-state index in [1.54, 1.807) is 6.20 Å². The zero-order valence-electron chi connectivity index (χ0n) is 11.9. The number of ketones is 1. The van der Waals surface area contributed by atoms with Gasteiger partial charge in [0.15, 0.2) is 5.78 Å². The smallest absolute Gasteiger partial charge is 0.194 e. The summed E-state index contributed by atoms with van der Waals surface area (Å²) in [6.07, 6.45) is 3.56. The van der Waals surface area contributed by atoms with Crippen LogP contribution in [0.3, 0.4) is 0 Å². The molecular formula is C20H13NO. The third-order valence-corrected chi connectivity index (χ3v) is 3.93. The quantitative estimate of drug-likeness (QED) is 0.704. The van der Waals surface area contributed by atoms with Crippen LogP contribution in [0.4, 0.5) is 0 Å². The summed E-state index contributed by atoms with van der Waals surface area (Å²) in [6.45, 7) is 0. The predicted octanol–water partition coefficient (Wildman–Crippen LogP) is 4.24. The Morgan fingerprint density at radius 3 is 2.05 bits per heavy atom. The molecule has 0 atom stereocenters. The maximum absolute atomic E-state index is 12.9. The number of rotatable bonds is 2. The van der Waals surface area contributed by atoms with Crippen molar-refractivity contribution in [3.63, 3.8) is 0 Å². The first-order valence-corrected chi connectivity index (χ1v) is 7.20. The molecule has 2 nitrogen and oxygen atoms in total. The standard InChI is InChI=1S/C20H13NO/c22-20-17-11-5-4-10-16(17)18(15-9-6-12-21-13-15)19(20)14-7-2-1-3-8-14/h1-13H. The molecule has 1 aliphatic rings. The largest absolute Gasteiger partial charge is 0.289 e. The number of nitrogens with zero attached hydrogens (tertiary/aromatic N) is 1. The van der Waals surface area contributed by atoms with Gasteiger partial charge in [-0.3, -0.25) is 9.78 Å². The fourth-order valence-electron chi connectivity index (χ4n) is 2.97. The predicted molar refractivity (Wildman–Crippen MR) is 87.4 cm³/mol. The molecule has 0 spiro atoms. The molecule has 0 amide bonds. The van der Waals surface area contributed by atoms with E-state index in [1.807, 2.05) is 72.9 Å². The maximum Gasteiger partial charge on any atom is 0.194 e. The van der Waals surface area contributed by atoms with Gasteiger partial charge in [0, 0.05) is 34.7 Å². The van der Waals surface area contributed by atoms with Crippen LogP contribution >= 0.6 is 0 Å². The van der Waals surface area contributed by atoms with Crippen molar-refractivity contribution in [3.05, 3.63) is 101 Å². The lowest BCUT2D eigenvalue weighted by molar-refractivity contribution is 0.105. The first kappa shape index (κ1) is 12.7. The zero-order chi connectivity index (χ0) is 14.9. The third-order valence-electron chi connectivity index (χ3n) is 3.93. The monoisotopic (exact) mass is 283 g/mol. The molecule has 104 valence electrons. The summed E-state index contributed by atoms with van der Waals surface area (Å²) in [7, 11) is 0. The Balaban J connectivity index is 2.05. The Morgan fingerprint density at radius 2 is 1.32 bits per heavy atom. The van der Waals surface area contributed by atoms with Crippen molar-refractivity contribution in [3.8, 4) is 0 Å². The second kappa shape index (κ2) is 5.08. The minimum absolute atomic E-state index is 0.0839. The van der Waals surface area contributed by atoms with Gasteiger partial charge < -0.3 is 0 Å². The van der Waals surface area contributed by atoms with Gasteiger partial charge in [-0.25, -0.2) is 0 Å². The van der Waals surface area contributed by atoms with Crippen molar-refractivity contribution in [1.82, 2.24) is 4.98 Å². The minimum atomic E-state index is 0.0839. The van der Waals surface area contributed by atoms with E-state index in [-0.39, 0.29) is 5.78 Å². The van der Waals surface area contributed by atoms with E-state index in [2.05, 4.69) is 4.98 Å². The van der Waals surface area contributed by atoms with Crippen LogP contribution in [0.25, 0.3) is 11.1 Å². The Bertz CT molecular complexity index is 880. The summed E-state index contributed by atoms with van der Waals surface area (Å²) in [4.78, 5) is 17.1. The van der Waals surface area contributed by atoms with Gasteiger partial charge in [-0.05, 0) is 17.2 Å². The number of aromatic nitrogens is 1. The molecule has 0 radical (unpaired) electrons. The second-order valence-electron chi connectivity index (χ2n) is 5.23. The molecule has 1 aromatic heterocycles. The van der Waals surface area contributed by atoms with Crippen molar-refractivity contribution >= 4 is 16.9 Å². The fraction of sp³-hybridized carbons (Fsp3) is 0. The van der Waals surface area contributed by atoms with E-state index in [1.165, 1.54) is 0 Å². The molecule has 3 aromatic rings. The Hall–Kier alpha value is -3.00. The Kier molecular flexibility index (Phi) is 2.94. The number of carbonyl (C=O) groups is 1. The van der Waals surface area contributed by atoms with Crippen molar-refractivity contribution in [2.45, 2.75) is 0 Å². The molecule has 0 aliphatic heterocycles. The Morgan fingerprint density at radius 1 is 0.636 bits per heavy atom. The molecule has 4 rings (SSSR count). The van der Waals surface area contributed by atoms with E-state index in [9.17, 15) is 4.79 Å². The molecule has 0 saturated carbocycles. The molecule has 1 heterocycles. The van der Waals surface area contributed by atoms with E-state index in [4.69, 9.17) is 0 Å². The molecule has 0 fully saturated rings. The summed E-state index contributed by atoms with van der Waals surface area (Å²) in [5.74, 6) is 0.0839. The number of benzene rings is 2. The van der Waals surface area contributed by atoms with Crippen LogP contribution in [0.15, 0.2) is 79.1 Å². The topological polar surface area (TPSA) is 30.0 Å². The van der Waals surface area contributed by atoms with Crippen molar-refractivity contribution in [2.75, 3.05) is 0 Å². The van der Waals surface area contributed by atoms with Crippen LogP contribution < -0.4 is 0 Å². The Labute approximate surface area is 128 Å². The number of hydrogen-bond donors (Lipinski definition) is 0. The average molecular weight is 283 g/mol.